The maximum Gasteiger partial charge on any atom is 0.119 e. The maximum atomic E-state index is 5.94. The lowest BCUT2D eigenvalue weighted by molar-refractivity contribution is 0.306. The summed E-state index contributed by atoms with van der Waals surface area (Å²) in [5, 5.41) is 3.48. The van der Waals surface area contributed by atoms with Gasteiger partial charge in [-0.05, 0) is 68.1 Å². The van der Waals surface area contributed by atoms with Crippen LogP contribution in [0.2, 0.25) is 0 Å². The second-order valence-corrected chi connectivity index (χ2v) is 7.63. The van der Waals surface area contributed by atoms with Gasteiger partial charge in [0.05, 0.1) is 0 Å². The van der Waals surface area contributed by atoms with E-state index in [0.29, 0.717) is 12.6 Å². The molecule has 1 fully saturated rings. The van der Waals surface area contributed by atoms with Crippen molar-refractivity contribution in [3.63, 3.8) is 0 Å². The van der Waals surface area contributed by atoms with Gasteiger partial charge in [0.2, 0.25) is 0 Å². The van der Waals surface area contributed by atoms with Gasteiger partial charge in [-0.25, -0.2) is 0 Å². The molecule has 26 heavy (non-hydrogen) atoms. The summed E-state index contributed by atoms with van der Waals surface area (Å²) in [5.41, 5.74) is 2.52. The van der Waals surface area contributed by atoms with Gasteiger partial charge in [-0.1, -0.05) is 44.2 Å². The van der Waals surface area contributed by atoms with Crippen LogP contribution in [-0.4, -0.2) is 25.7 Å². The third kappa shape index (κ3) is 5.50. The van der Waals surface area contributed by atoms with Gasteiger partial charge in [-0.2, -0.15) is 0 Å². The molecule has 1 aliphatic rings. The van der Waals surface area contributed by atoms with Crippen molar-refractivity contribution in [3.8, 4) is 5.75 Å². The predicted molar refractivity (Wildman–Crippen MR) is 110 cm³/mol. The quantitative estimate of drug-likeness (QED) is 0.733. The molecule has 2 aromatic carbocycles. The molecule has 1 saturated heterocycles. The van der Waals surface area contributed by atoms with Gasteiger partial charge >= 0.3 is 0 Å². The van der Waals surface area contributed by atoms with Crippen LogP contribution in [0.4, 0.5) is 5.69 Å². The Morgan fingerprint density at radius 3 is 2.35 bits per heavy atom. The highest BCUT2D eigenvalue weighted by Crippen LogP contribution is 2.26. The largest absolute Gasteiger partial charge is 0.489 e. The normalized spacial score (nSPS) is 15.2. The smallest absolute Gasteiger partial charge is 0.119 e. The molecule has 0 saturated carbocycles. The standard InChI is InChI=1S/C23H32N2O/c1-19(2)14-17-25(22-12-15-24-16-13-22)21-8-10-23(11-9-21)26-18-20-6-4-3-5-7-20/h3-11,19,22,24H,12-18H2,1-2H3. The number of ether oxygens (including phenoxy) is 1. The molecule has 2 aromatic rings. The lowest BCUT2D eigenvalue weighted by Crippen LogP contribution is -2.44. The Balaban J connectivity index is 1.64. The van der Waals surface area contributed by atoms with E-state index in [1.54, 1.807) is 0 Å². The third-order valence-corrected chi connectivity index (χ3v) is 5.11. The number of benzene rings is 2. The van der Waals surface area contributed by atoms with Crippen LogP contribution in [0.1, 0.15) is 38.7 Å². The van der Waals surface area contributed by atoms with Crippen molar-refractivity contribution in [2.45, 2.75) is 45.8 Å². The molecule has 0 spiro atoms. The summed E-state index contributed by atoms with van der Waals surface area (Å²) in [6.07, 6.45) is 3.69. The molecular weight excluding hydrogens is 320 g/mol. The number of piperidine rings is 1. The minimum atomic E-state index is 0.617. The predicted octanol–water partition coefficient (Wildman–Crippen LogP) is 4.87. The van der Waals surface area contributed by atoms with Gasteiger partial charge in [0.1, 0.15) is 12.4 Å². The van der Waals surface area contributed by atoms with E-state index in [-0.39, 0.29) is 0 Å². The molecule has 0 bridgehead atoms. The fourth-order valence-corrected chi connectivity index (χ4v) is 3.51. The van der Waals surface area contributed by atoms with Crippen molar-refractivity contribution in [1.82, 2.24) is 5.32 Å². The summed E-state index contributed by atoms with van der Waals surface area (Å²) in [7, 11) is 0. The van der Waals surface area contributed by atoms with Gasteiger partial charge in [-0.15, -0.1) is 0 Å². The second-order valence-electron chi connectivity index (χ2n) is 7.63. The summed E-state index contributed by atoms with van der Waals surface area (Å²) in [4.78, 5) is 2.61. The molecule has 0 atom stereocenters. The van der Waals surface area contributed by atoms with E-state index in [1.807, 2.05) is 18.2 Å². The molecule has 0 aromatic heterocycles. The Kier molecular flexibility index (Phi) is 6.96. The van der Waals surface area contributed by atoms with E-state index < -0.39 is 0 Å². The van der Waals surface area contributed by atoms with Crippen molar-refractivity contribution in [1.29, 1.82) is 0 Å². The monoisotopic (exact) mass is 352 g/mol. The van der Waals surface area contributed by atoms with E-state index in [2.05, 4.69) is 60.5 Å². The first kappa shape index (κ1) is 18.8. The summed E-state index contributed by atoms with van der Waals surface area (Å²) in [6, 6.07) is 19.6. The lowest BCUT2D eigenvalue weighted by atomic mass is 10.0. The number of anilines is 1. The van der Waals surface area contributed by atoms with E-state index >= 15 is 0 Å². The van der Waals surface area contributed by atoms with E-state index in [1.165, 1.54) is 30.5 Å². The first-order valence-electron chi connectivity index (χ1n) is 9.96. The Morgan fingerprint density at radius 2 is 1.69 bits per heavy atom. The Hall–Kier alpha value is -2.00. The summed E-state index contributed by atoms with van der Waals surface area (Å²) in [5.74, 6) is 1.67. The summed E-state index contributed by atoms with van der Waals surface area (Å²) < 4.78 is 5.94. The van der Waals surface area contributed by atoms with Crippen LogP contribution in [0.15, 0.2) is 54.6 Å². The van der Waals surface area contributed by atoms with Gasteiger partial charge in [0.15, 0.2) is 0 Å². The Bertz CT molecular complexity index is 633. The van der Waals surface area contributed by atoms with E-state index in [0.717, 1.165) is 31.3 Å². The van der Waals surface area contributed by atoms with E-state index in [9.17, 15) is 0 Å². The fraction of sp³-hybridized carbons (Fsp3) is 0.478. The molecule has 0 aliphatic carbocycles. The van der Waals surface area contributed by atoms with Crippen LogP contribution < -0.4 is 15.0 Å². The molecule has 140 valence electrons. The van der Waals surface area contributed by atoms with Crippen LogP contribution in [0, 0.1) is 5.92 Å². The topological polar surface area (TPSA) is 24.5 Å². The van der Waals surface area contributed by atoms with Crippen LogP contribution in [0.3, 0.4) is 0 Å². The SMILES string of the molecule is CC(C)CCN(c1ccc(OCc2ccccc2)cc1)C1CCNCC1. The Labute approximate surface area is 158 Å². The molecule has 3 nitrogen and oxygen atoms in total. The van der Waals surface area contributed by atoms with Gasteiger partial charge < -0.3 is 15.0 Å². The molecule has 1 heterocycles. The number of rotatable bonds is 8. The summed E-state index contributed by atoms with van der Waals surface area (Å²) in [6.45, 7) is 8.61. The van der Waals surface area contributed by atoms with Crippen molar-refractivity contribution >= 4 is 5.69 Å². The average molecular weight is 353 g/mol. The van der Waals surface area contributed by atoms with Crippen molar-refractivity contribution < 1.29 is 4.74 Å². The van der Waals surface area contributed by atoms with Crippen molar-refractivity contribution in [3.05, 3.63) is 60.2 Å². The average Bonchev–Trinajstić information content (AvgIpc) is 2.69. The van der Waals surface area contributed by atoms with Gasteiger partial charge in [0.25, 0.3) is 0 Å². The zero-order chi connectivity index (χ0) is 18.2. The molecule has 1 aliphatic heterocycles. The third-order valence-electron chi connectivity index (χ3n) is 5.11. The lowest BCUT2D eigenvalue weighted by Gasteiger charge is -2.37. The van der Waals surface area contributed by atoms with E-state index in [4.69, 9.17) is 4.74 Å². The zero-order valence-corrected chi connectivity index (χ0v) is 16.2. The molecule has 3 heteroatoms. The second kappa shape index (κ2) is 9.63. The minimum absolute atomic E-state index is 0.617. The number of nitrogens with zero attached hydrogens (tertiary/aromatic N) is 1. The van der Waals surface area contributed by atoms with Crippen molar-refractivity contribution in [2.75, 3.05) is 24.5 Å². The number of nitrogens with one attached hydrogen (secondary N) is 1. The molecule has 0 amide bonds. The molecule has 3 rings (SSSR count). The number of hydrogen-bond donors (Lipinski definition) is 1. The zero-order valence-electron chi connectivity index (χ0n) is 16.2. The first-order valence-corrected chi connectivity index (χ1v) is 9.96. The Morgan fingerprint density at radius 1 is 1.00 bits per heavy atom. The van der Waals surface area contributed by atoms with Crippen molar-refractivity contribution in [2.24, 2.45) is 5.92 Å². The van der Waals surface area contributed by atoms with Gasteiger partial charge in [0, 0.05) is 18.3 Å². The van der Waals surface area contributed by atoms with Crippen LogP contribution in [0.5, 0.6) is 5.75 Å². The highest BCUT2D eigenvalue weighted by atomic mass is 16.5. The van der Waals surface area contributed by atoms with Crippen LogP contribution in [-0.2, 0) is 6.61 Å². The highest BCUT2D eigenvalue weighted by molar-refractivity contribution is 5.50. The number of hydrogen-bond acceptors (Lipinski definition) is 3. The van der Waals surface area contributed by atoms with Gasteiger partial charge in [-0.3, -0.25) is 0 Å². The maximum absolute atomic E-state index is 5.94. The minimum Gasteiger partial charge on any atom is -0.489 e. The fourth-order valence-electron chi connectivity index (χ4n) is 3.51. The summed E-state index contributed by atoms with van der Waals surface area (Å²) >= 11 is 0. The molecule has 0 radical (unpaired) electrons. The highest BCUT2D eigenvalue weighted by Gasteiger charge is 2.21. The van der Waals surface area contributed by atoms with Crippen LogP contribution >= 0.6 is 0 Å². The molecule has 1 N–H and O–H groups in total. The van der Waals surface area contributed by atoms with Crippen LogP contribution in [0.25, 0.3) is 0 Å². The first-order chi connectivity index (χ1) is 12.7. The molecule has 0 unspecified atom stereocenters. The molecular formula is C23H32N2O.